The first kappa shape index (κ1) is 16.5. The molecule has 0 aromatic heterocycles. The van der Waals surface area contributed by atoms with Gasteiger partial charge in [0.15, 0.2) is 0 Å². The summed E-state index contributed by atoms with van der Waals surface area (Å²) in [5.41, 5.74) is 3.15. The van der Waals surface area contributed by atoms with E-state index >= 15 is 0 Å². The van der Waals surface area contributed by atoms with E-state index in [4.69, 9.17) is 4.74 Å². The van der Waals surface area contributed by atoms with Crippen molar-refractivity contribution in [1.29, 1.82) is 0 Å². The maximum absolute atomic E-state index is 12.8. The summed E-state index contributed by atoms with van der Waals surface area (Å²) in [7, 11) is 0. The van der Waals surface area contributed by atoms with Crippen LogP contribution in [0.15, 0.2) is 60.7 Å². The largest absolute Gasteiger partial charge is 0.376 e. The number of carbonyl (C=O) groups is 1. The monoisotopic (exact) mass is 321 g/mol. The number of carbonyl (C=O) groups excluding carboxylic acids is 1. The topological polar surface area (TPSA) is 29.5 Å². The zero-order chi connectivity index (χ0) is 16.8. The lowest BCUT2D eigenvalue weighted by Crippen LogP contribution is -2.36. The number of hydrogen-bond donors (Lipinski definition) is 0. The highest BCUT2D eigenvalue weighted by molar-refractivity contribution is 6.03. The lowest BCUT2D eigenvalue weighted by molar-refractivity contribution is -0.114. The molecule has 3 heteroatoms. The van der Waals surface area contributed by atoms with Crippen LogP contribution in [0.3, 0.4) is 0 Å². The minimum absolute atomic E-state index is 0.0164. The Balaban J connectivity index is 1.76. The molecule has 1 saturated heterocycles. The Morgan fingerprint density at radius 1 is 1.17 bits per heavy atom. The summed E-state index contributed by atoms with van der Waals surface area (Å²) in [5.74, 6) is -0.0164. The van der Waals surface area contributed by atoms with Crippen molar-refractivity contribution in [1.82, 2.24) is 0 Å². The maximum Gasteiger partial charge on any atom is 0.251 e. The fourth-order valence-electron chi connectivity index (χ4n) is 2.86. The van der Waals surface area contributed by atoms with Crippen LogP contribution in [0, 0.1) is 6.92 Å². The van der Waals surface area contributed by atoms with Crippen LogP contribution >= 0.6 is 0 Å². The van der Waals surface area contributed by atoms with E-state index in [-0.39, 0.29) is 12.0 Å². The summed E-state index contributed by atoms with van der Waals surface area (Å²) in [6.07, 6.45) is 5.72. The zero-order valence-electron chi connectivity index (χ0n) is 14.0. The van der Waals surface area contributed by atoms with Crippen molar-refractivity contribution in [3.63, 3.8) is 0 Å². The fraction of sp³-hybridized carbons (Fsp3) is 0.286. The van der Waals surface area contributed by atoms with Crippen LogP contribution in [0.5, 0.6) is 0 Å². The Morgan fingerprint density at radius 2 is 1.92 bits per heavy atom. The van der Waals surface area contributed by atoms with Crippen LogP contribution in [0.4, 0.5) is 5.69 Å². The smallest absolute Gasteiger partial charge is 0.251 e. The van der Waals surface area contributed by atoms with E-state index in [9.17, 15) is 4.79 Å². The van der Waals surface area contributed by atoms with Gasteiger partial charge in [-0.2, -0.15) is 0 Å². The molecule has 3 rings (SSSR count). The molecule has 3 nitrogen and oxygen atoms in total. The molecule has 2 aromatic rings. The predicted molar refractivity (Wildman–Crippen MR) is 98.0 cm³/mol. The summed E-state index contributed by atoms with van der Waals surface area (Å²) in [5, 5.41) is 0. The normalized spacial score (nSPS) is 17.3. The predicted octanol–water partition coefficient (Wildman–Crippen LogP) is 4.22. The third-order valence-corrected chi connectivity index (χ3v) is 4.24. The summed E-state index contributed by atoms with van der Waals surface area (Å²) in [6, 6.07) is 17.9. The maximum atomic E-state index is 12.8. The van der Waals surface area contributed by atoms with E-state index in [0.29, 0.717) is 6.54 Å². The van der Waals surface area contributed by atoms with E-state index in [1.807, 2.05) is 60.7 Å². The minimum atomic E-state index is -0.0164. The van der Waals surface area contributed by atoms with Gasteiger partial charge in [0.1, 0.15) is 0 Å². The molecule has 0 saturated carbocycles. The second-order valence-electron chi connectivity index (χ2n) is 6.16. The second kappa shape index (κ2) is 7.93. The first-order chi connectivity index (χ1) is 11.7. The minimum Gasteiger partial charge on any atom is -0.376 e. The number of para-hydroxylation sites is 1. The van der Waals surface area contributed by atoms with E-state index in [2.05, 4.69) is 6.92 Å². The first-order valence-corrected chi connectivity index (χ1v) is 8.45. The van der Waals surface area contributed by atoms with Crippen LogP contribution < -0.4 is 4.90 Å². The number of benzene rings is 2. The van der Waals surface area contributed by atoms with Gasteiger partial charge in [0.25, 0.3) is 5.91 Å². The number of nitrogens with zero attached hydrogens (tertiary/aromatic N) is 1. The Labute approximate surface area is 143 Å². The van der Waals surface area contributed by atoms with Gasteiger partial charge in [-0.05, 0) is 43.5 Å². The van der Waals surface area contributed by atoms with Crippen LogP contribution in [-0.2, 0) is 9.53 Å². The fourth-order valence-corrected chi connectivity index (χ4v) is 2.86. The van der Waals surface area contributed by atoms with Gasteiger partial charge in [-0.1, -0.05) is 48.0 Å². The molecule has 1 unspecified atom stereocenters. The van der Waals surface area contributed by atoms with Crippen LogP contribution in [0.25, 0.3) is 6.08 Å². The molecular formula is C21H23NO2. The summed E-state index contributed by atoms with van der Waals surface area (Å²) in [6.45, 7) is 3.44. The van der Waals surface area contributed by atoms with Gasteiger partial charge in [0.2, 0.25) is 0 Å². The number of hydrogen-bond acceptors (Lipinski definition) is 2. The number of anilines is 1. The van der Waals surface area contributed by atoms with Crippen LogP contribution in [0.1, 0.15) is 24.0 Å². The lowest BCUT2D eigenvalue weighted by Gasteiger charge is -2.24. The zero-order valence-corrected chi connectivity index (χ0v) is 14.0. The highest BCUT2D eigenvalue weighted by Gasteiger charge is 2.22. The van der Waals surface area contributed by atoms with Gasteiger partial charge in [-0.25, -0.2) is 0 Å². The van der Waals surface area contributed by atoms with E-state index in [1.165, 1.54) is 5.56 Å². The third kappa shape index (κ3) is 4.33. The lowest BCUT2D eigenvalue weighted by atomic mass is 10.1. The molecule has 1 amide bonds. The highest BCUT2D eigenvalue weighted by Crippen LogP contribution is 2.20. The van der Waals surface area contributed by atoms with Crippen molar-refractivity contribution < 1.29 is 9.53 Å². The van der Waals surface area contributed by atoms with E-state index in [1.54, 1.807) is 11.0 Å². The molecule has 1 fully saturated rings. The Hall–Kier alpha value is -2.39. The Kier molecular flexibility index (Phi) is 5.44. The van der Waals surface area contributed by atoms with Crippen molar-refractivity contribution in [3.05, 3.63) is 71.8 Å². The molecule has 1 atom stereocenters. The molecule has 0 bridgehead atoms. The second-order valence-corrected chi connectivity index (χ2v) is 6.16. The van der Waals surface area contributed by atoms with Crippen molar-refractivity contribution >= 4 is 17.7 Å². The SMILES string of the molecule is Cc1ccc(C=CC(=O)N(CC2CCCO2)c2ccccc2)cc1. The number of amides is 1. The molecule has 0 N–H and O–H groups in total. The quantitative estimate of drug-likeness (QED) is 0.772. The van der Waals surface area contributed by atoms with Gasteiger partial charge in [-0.3, -0.25) is 4.79 Å². The molecule has 1 heterocycles. The molecule has 124 valence electrons. The number of rotatable bonds is 5. The molecule has 24 heavy (non-hydrogen) atoms. The van der Waals surface area contributed by atoms with Gasteiger partial charge < -0.3 is 9.64 Å². The standard InChI is InChI=1S/C21H23NO2/c1-17-9-11-18(12-10-17)13-14-21(23)22(16-20-8-5-15-24-20)19-6-3-2-4-7-19/h2-4,6-7,9-14,20H,5,8,15-16H2,1H3. The molecule has 0 spiro atoms. The van der Waals surface area contributed by atoms with Gasteiger partial charge in [-0.15, -0.1) is 0 Å². The molecule has 1 aliphatic heterocycles. The summed E-state index contributed by atoms with van der Waals surface area (Å²) < 4.78 is 5.71. The van der Waals surface area contributed by atoms with Gasteiger partial charge in [0.05, 0.1) is 12.6 Å². The average Bonchev–Trinajstić information content (AvgIpc) is 3.13. The van der Waals surface area contributed by atoms with E-state index < -0.39 is 0 Å². The summed E-state index contributed by atoms with van der Waals surface area (Å²) >= 11 is 0. The van der Waals surface area contributed by atoms with Crippen LogP contribution in [0.2, 0.25) is 0 Å². The molecule has 2 aromatic carbocycles. The average molecular weight is 321 g/mol. The number of aryl methyl sites for hydroxylation is 1. The Bertz CT molecular complexity index is 686. The molecule has 1 aliphatic rings. The number of ether oxygens (including phenoxy) is 1. The third-order valence-electron chi connectivity index (χ3n) is 4.24. The van der Waals surface area contributed by atoms with E-state index in [0.717, 1.165) is 30.7 Å². The summed E-state index contributed by atoms with van der Waals surface area (Å²) in [4.78, 5) is 14.6. The van der Waals surface area contributed by atoms with Crippen molar-refractivity contribution in [2.75, 3.05) is 18.1 Å². The van der Waals surface area contributed by atoms with Crippen LogP contribution in [-0.4, -0.2) is 25.2 Å². The molecule has 0 aliphatic carbocycles. The van der Waals surface area contributed by atoms with Gasteiger partial charge in [0, 0.05) is 18.4 Å². The van der Waals surface area contributed by atoms with Crippen molar-refractivity contribution in [2.24, 2.45) is 0 Å². The Morgan fingerprint density at radius 3 is 2.58 bits per heavy atom. The van der Waals surface area contributed by atoms with Gasteiger partial charge >= 0.3 is 0 Å². The molecule has 0 radical (unpaired) electrons. The molecular weight excluding hydrogens is 298 g/mol. The highest BCUT2D eigenvalue weighted by atomic mass is 16.5. The van der Waals surface area contributed by atoms with Crippen molar-refractivity contribution in [2.45, 2.75) is 25.9 Å². The first-order valence-electron chi connectivity index (χ1n) is 8.45. The van der Waals surface area contributed by atoms with Crippen molar-refractivity contribution in [3.8, 4) is 0 Å².